The fraction of sp³-hybridized carbons (Fsp3) is 0.700. The summed E-state index contributed by atoms with van der Waals surface area (Å²) >= 11 is 0. The molecule has 1 N–H and O–H groups in total. The lowest BCUT2D eigenvalue weighted by Crippen LogP contribution is -2.28. The highest BCUT2D eigenvalue weighted by molar-refractivity contribution is 5.69. The van der Waals surface area contributed by atoms with E-state index in [1.165, 1.54) is 7.11 Å². The Hall–Kier alpha value is -1.01. The predicted octanol–water partition coefficient (Wildman–Crippen LogP) is 0.941. The van der Waals surface area contributed by atoms with Crippen molar-refractivity contribution >= 4 is 5.97 Å². The third kappa shape index (κ3) is 6.18. The summed E-state index contributed by atoms with van der Waals surface area (Å²) in [5.74, 6) is 2.46. The number of hydrogen-bond acceptors (Lipinski definition) is 3. The first-order valence-corrected chi connectivity index (χ1v) is 4.50. The fourth-order valence-electron chi connectivity index (χ4n) is 0.932. The van der Waals surface area contributed by atoms with Crippen LogP contribution in [0.25, 0.3) is 0 Å². The molecule has 0 radical (unpaired) electrons. The van der Waals surface area contributed by atoms with Crippen LogP contribution in [0, 0.1) is 12.3 Å². The summed E-state index contributed by atoms with van der Waals surface area (Å²) in [7, 11) is 1.39. The molecule has 3 heteroatoms. The molecule has 0 aromatic rings. The predicted molar refractivity (Wildman–Crippen MR) is 52.2 cm³/mol. The third-order valence-electron chi connectivity index (χ3n) is 1.79. The van der Waals surface area contributed by atoms with Gasteiger partial charge < -0.3 is 10.1 Å². The molecule has 0 fully saturated rings. The van der Waals surface area contributed by atoms with E-state index in [4.69, 9.17) is 6.42 Å². The number of carbonyl (C=O) groups excluding carboxylic acids is 1. The Bertz CT molecular complexity index is 184. The highest BCUT2D eigenvalue weighted by atomic mass is 16.5. The zero-order chi connectivity index (χ0) is 10.1. The molecule has 0 aliphatic heterocycles. The van der Waals surface area contributed by atoms with E-state index >= 15 is 0 Å². The maximum absolute atomic E-state index is 10.7. The molecular weight excluding hydrogens is 166 g/mol. The first-order valence-electron chi connectivity index (χ1n) is 4.50. The van der Waals surface area contributed by atoms with E-state index in [0.29, 0.717) is 6.42 Å². The van der Waals surface area contributed by atoms with Gasteiger partial charge >= 0.3 is 5.97 Å². The summed E-state index contributed by atoms with van der Waals surface area (Å²) in [6.07, 6.45) is 7.38. The number of carbonyl (C=O) groups is 1. The van der Waals surface area contributed by atoms with Gasteiger partial charge in [-0.15, -0.1) is 6.42 Å². The largest absolute Gasteiger partial charge is 0.469 e. The van der Waals surface area contributed by atoms with Crippen LogP contribution in [0.1, 0.15) is 26.2 Å². The van der Waals surface area contributed by atoms with E-state index < -0.39 is 0 Å². The summed E-state index contributed by atoms with van der Waals surface area (Å²) in [6, 6.07) is 0.123. The number of terminal acetylenes is 1. The molecule has 0 saturated carbocycles. The maximum atomic E-state index is 10.7. The minimum atomic E-state index is -0.171. The quantitative estimate of drug-likeness (QED) is 0.378. The third-order valence-corrected chi connectivity index (χ3v) is 1.79. The van der Waals surface area contributed by atoms with Crippen LogP contribution in [0.5, 0.6) is 0 Å². The smallest absolute Gasteiger partial charge is 0.305 e. The molecule has 0 saturated heterocycles. The molecular formula is C10H17NO2. The molecule has 0 bridgehead atoms. The van der Waals surface area contributed by atoms with Crippen molar-refractivity contribution < 1.29 is 9.53 Å². The van der Waals surface area contributed by atoms with Crippen molar-refractivity contribution in [3.8, 4) is 12.3 Å². The summed E-state index contributed by atoms with van der Waals surface area (Å²) in [5.41, 5.74) is 0. The lowest BCUT2D eigenvalue weighted by atomic mass is 10.2. The molecule has 0 rings (SSSR count). The molecule has 0 aromatic carbocycles. The standard InChI is InChI=1S/C10H17NO2/c1-4-9(5-2)11-8-6-7-10(12)13-3/h1,9,11H,5-8H2,2-3H3. The number of esters is 1. The lowest BCUT2D eigenvalue weighted by Gasteiger charge is -2.09. The number of rotatable bonds is 6. The summed E-state index contributed by atoms with van der Waals surface area (Å²) in [5, 5.41) is 3.15. The highest BCUT2D eigenvalue weighted by Gasteiger charge is 2.02. The monoisotopic (exact) mass is 183 g/mol. The van der Waals surface area contributed by atoms with Crippen LogP contribution >= 0.6 is 0 Å². The van der Waals surface area contributed by atoms with Gasteiger partial charge in [-0.1, -0.05) is 12.8 Å². The Morgan fingerprint density at radius 1 is 1.69 bits per heavy atom. The van der Waals surface area contributed by atoms with Crippen molar-refractivity contribution in [2.45, 2.75) is 32.2 Å². The Balaban J connectivity index is 3.35. The van der Waals surface area contributed by atoms with Gasteiger partial charge in [0.05, 0.1) is 13.2 Å². The summed E-state index contributed by atoms with van der Waals surface area (Å²) in [4.78, 5) is 10.7. The summed E-state index contributed by atoms with van der Waals surface area (Å²) < 4.78 is 4.50. The second-order valence-corrected chi connectivity index (χ2v) is 2.76. The van der Waals surface area contributed by atoms with Crippen molar-refractivity contribution in [3.05, 3.63) is 0 Å². The van der Waals surface area contributed by atoms with E-state index in [-0.39, 0.29) is 12.0 Å². The topological polar surface area (TPSA) is 38.3 Å². The minimum Gasteiger partial charge on any atom is -0.469 e. The number of methoxy groups -OCH3 is 1. The van der Waals surface area contributed by atoms with Gasteiger partial charge in [-0.2, -0.15) is 0 Å². The molecule has 3 nitrogen and oxygen atoms in total. The van der Waals surface area contributed by atoms with Gasteiger partial charge in [-0.25, -0.2) is 0 Å². The van der Waals surface area contributed by atoms with Crippen molar-refractivity contribution in [2.75, 3.05) is 13.7 Å². The average molecular weight is 183 g/mol. The van der Waals surface area contributed by atoms with Gasteiger partial charge in [-0.3, -0.25) is 4.79 Å². The number of hydrogen-bond donors (Lipinski definition) is 1. The Morgan fingerprint density at radius 3 is 2.85 bits per heavy atom. The molecule has 0 heterocycles. The molecule has 13 heavy (non-hydrogen) atoms. The second kappa shape index (κ2) is 7.63. The zero-order valence-corrected chi connectivity index (χ0v) is 8.30. The first kappa shape index (κ1) is 12.0. The van der Waals surface area contributed by atoms with Gasteiger partial charge in [0, 0.05) is 6.42 Å². The van der Waals surface area contributed by atoms with E-state index in [0.717, 1.165) is 19.4 Å². The molecule has 0 aliphatic rings. The van der Waals surface area contributed by atoms with Crippen LogP contribution < -0.4 is 5.32 Å². The molecule has 0 amide bonds. The second-order valence-electron chi connectivity index (χ2n) is 2.76. The van der Waals surface area contributed by atoms with Crippen LogP contribution in [0.3, 0.4) is 0 Å². The van der Waals surface area contributed by atoms with E-state index in [1.54, 1.807) is 0 Å². The van der Waals surface area contributed by atoms with Gasteiger partial charge in [-0.05, 0) is 19.4 Å². The molecule has 0 aromatic heterocycles. The normalized spacial score (nSPS) is 11.8. The van der Waals surface area contributed by atoms with Crippen molar-refractivity contribution in [1.82, 2.24) is 5.32 Å². The van der Waals surface area contributed by atoms with Crippen LogP contribution in [-0.4, -0.2) is 25.7 Å². The summed E-state index contributed by atoms with van der Waals surface area (Å²) in [6.45, 7) is 2.79. The Labute approximate surface area is 79.8 Å². The van der Waals surface area contributed by atoms with Gasteiger partial charge in [0.2, 0.25) is 0 Å². The molecule has 0 aliphatic carbocycles. The molecule has 1 atom stereocenters. The minimum absolute atomic E-state index is 0.123. The fourth-order valence-corrected chi connectivity index (χ4v) is 0.932. The van der Waals surface area contributed by atoms with Crippen LogP contribution in [0.4, 0.5) is 0 Å². The van der Waals surface area contributed by atoms with Gasteiger partial charge in [0.25, 0.3) is 0 Å². The van der Waals surface area contributed by atoms with Crippen LogP contribution in [-0.2, 0) is 9.53 Å². The van der Waals surface area contributed by atoms with E-state index in [2.05, 4.69) is 16.0 Å². The van der Waals surface area contributed by atoms with Crippen LogP contribution in [0.2, 0.25) is 0 Å². The Kier molecular flexibility index (Phi) is 7.04. The zero-order valence-electron chi connectivity index (χ0n) is 8.30. The molecule has 0 spiro atoms. The average Bonchev–Trinajstić information content (AvgIpc) is 2.18. The van der Waals surface area contributed by atoms with E-state index in [9.17, 15) is 4.79 Å². The van der Waals surface area contributed by atoms with Crippen molar-refractivity contribution in [2.24, 2.45) is 0 Å². The van der Waals surface area contributed by atoms with Crippen molar-refractivity contribution in [3.63, 3.8) is 0 Å². The van der Waals surface area contributed by atoms with Crippen LogP contribution in [0.15, 0.2) is 0 Å². The molecule has 74 valence electrons. The maximum Gasteiger partial charge on any atom is 0.305 e. The van der Waals surface area contributed by atoms with Gasteiger partial charge in [0.1, 0.15) is 0 Å². The van der Waals surface area contributed by atoms with Gasteiger partial charge in [0.15, 0.2) is 0 Å². The number of nitrogens with one attached hydrogen (secondary N) is 1. The molecule has 1 unspecified atom stereocenters. The van der Waals surface area contributed by atoms with Crippen molar-refractivity contribution in [1.29, 1.82) is 0 Å². The lowest BCUT2D eigenvalue weighted by molar-refractivity contribution is -0.140. The van der Waals surface area contributed by atoms with E-state index in [1.807, 2.05) is 6.92 Å². The first-order chi connectivity index (χ1) is 6.24. The number of ether oxygens (including phenoxy) is 1. The Morgan fingerprint density at radius 2 is 2.38 bits per heavy atom. The highest BCUT2D eigenvalue weighted by Crippen LogP contribution is 1.92. The SMILES string of the molecule is C#CC(CC)NCCCC(=O)OC.